The summed E-state index contributed by atoms with van der Waals surface area (Å²) in [5.74, 6) is 0.874. The van der Waals surface area contributed by atoms with Crippen LogP contribution in [0.4, 0.5) is 0 Å². The highest BCUT2D eigenvalue weighted by Gasteiger charge is 1.99. The van der Waals surface area contributed by atoms with Gasteiger partial charge in [-0.1, -0.05) is 21.0 Å². The van der Waals surface area contributed by atoms with Gasteiger partial charge in [0.15, 0.2) is 0 Å². The number of hydrogen-bond donors (Lipinski definition) is 0. The number of aryl methyl sites for hydroxylation is 1. The number of halogens is 1. The summed E-state index contributed by atoms with van der Waals surface area (Å²) in [5, 5.41) is 3.43. The lowest BCUT2D eigenvalue weighted by Gasteiger charge is -2.08. The minimum absolute atomic E-state index is 0.478. The van der Waals surface area contributed by atoms with E-state index in [4.69, 9.17) is 10.3 Å². The van der Waals surface area contributed by atoms with E-state index in [9.17, 15) is 0 Å². The van der Waals surface area contributed by atoms with Gasteiger partial charge in [-0.25, -0.2) is 0 Å². The Balaban J connectivity index is 2.40. The van der Waals surface area contributed by atoms with Gasteiger partial charge in [0, 0.05) is 15.9 Å². The molecule has 0 amide bonds. The Hall–Kier alpha value is -1.19. The minimum atomic E-state index is 0.478. The van der Waals surface area contributed by atoms with E-state index in [-0.39, 0.29) is 0 Å². The lowest BCUT2D eigenvalue weighted by Crippen LogP contribution is -2.00. The maximum absolute atomic E-state index is 8.07. The van der Waals surface area contributed by atoms with E-state index in [1.165, 1.54) is 0 Å². The molecule has 0 fully saturated rings. The molecule has 0 aliphatic rings. The van der Waals surface area contributed by atoms with Crippen molar-refractivity contribution in [3.63, 3.8) is 0 Å². The maximum Gasteiger partial charge on any atom is 0.122 e. The van der Waals surface area contributed by atoms with E-state index in [1.807, 2.05) is 25.1 Å². The number of hydrogen-bond acceptors (Lipinski definition) is 2. The van der Waals surface area contributed by atoms with Crippen molar-refractivity contribution in [2.45, 2.75) is 13.3 Å². The summed E-state index contributed by atoms with van der Waals surface area (Å²) < 4.78 is 6.58. The van der Waals surface area contributed by atoms with Crippen molar-refractivity contribution in [1.82, 2.24) is 0 Å². The second kappa shape index (κ2) is 6.32. The average molecular weight is 270 g/mol. The van der Waals surface area contributed by atoms with Crippen LogP contribution in [0.1, 0.15) is 12.0 Å². The molecule has 0 aliphatic heterocycles. The van der Waals surface area contributed by atoms with E-state index in [0.717, 1.165) is 22.2 Å². The van der Waals surface area contributed by atoms with Crippen LogP contribution in [0, 0.1) is 6.92 Å². The van der Waals surface area contributed by atoms with Gasteiger partial charge in [-0.2, -0.15) is 0 Å². The molecular weight excluding hydrogens is 258 g/mol. The number of nitrogens with zero attached hydrogens (tertiary/aromatic N) is 3. The molecule has 0 spiro atoms. The molecule has 1 aromatic carbocycles. The zero-order chi connectivity index (χ0) is 11.1. The van der Waals surface area contributed by atoms with Gasteiger partial charge in [-0.3, -0.25) is 0 Å². The highest BCUT2D eigenvalue weighted by molar-refractivity contribution is 9.10. The predicted octanol–water partition coefficient (Wildman–Crippen LogP) is 3.84. The predicted molar refractivity (Wildman–Crippen MR) is 63.0 cm³/mol. The lowest BCUT2D eigenvalue weighted by atomic mass is 10.2. The Labute approximate surface area is 97.0 Å². The number of benzene rings is 1. The minimum Gasteiger partial charge on any atom is -0.493 e. The van der Waals surface area contributed by atoms with Gasteiger partial charge in [-0.15, -0.1) is 0 Å². The molecule has 1 aromatic rings. The van der Waals surface area contributed by atoms with Crippen molar-refractivity contribution in [1.29, 1.82) is 0 Å². The first-order valence-electron chi connectivity index (χ1n) is 4.64. The molecule has 0 N–H and O–H groups in total. The molecule has 1 rings (SSSR count). The zero-order valence-corrected chi connectivity index (χ0v) is 10.1. The normalized spacial score (nSPS) is 9.47. The molecule has 80 valence electrons. The topological polar surface area (TPSA) is 58.0 Å². The fourth-order valence-electron chi connectivity index (χ4n) is 1.14. The van der Waals surface area contributed by atoms with Crippen LogP contribution in [-0.2, 0) is 0 Å². The highest BCUT2D eigenvalue weighted by atomic mass is 79.9. The third kappa shape index (κ3) is 4.23. The summed E-state index contributed by atoms with van der Waals surface area (Å²) in [6, 6.07) is 5.87. The Morgan fingerprint density at radius 1 is 1.53 bits per heavy atom. The third-order valence-electron chi connectivity index (χ3n) is 1.86. The van der Waals surface area contributed by atoms with Crippen LogP contribution in [-0.4, -0.2) is 13.2 Å². The van der Waals surface area contributed by atoms with Crippen LogP contribution in [0.5, 0.6) is 5.75 Å². The summed E-state index contributed by atoms with van der Waals surface area (Å²) in [6.45, 7) is 3.04. The first-order chi connectivity index (χ1) is 7.24. The zero-order valence-electron chi connectivity index (χ0n) is 8.48. The molecule has 4 nitrogen and oxygen atoms in total. The van der Waals surface area contributed by atoms with E-state index >= 15 is 0 Å². The van der Waals surface area contributed by atoms with Crippen molar-refractivity contribution in [3.05, 3.63) is 38.7 Å². The molecule has 0 unspecified atom stereocenters. The Bertz CT molecular complexity index is 375. The van der Waals surface area contributed by atoms with Gasteiger partial charge in [0.05, 0.1) is 6.61 Å². The first kappa shape index (κ1) is 11.9. The van der Waals surface area contributed by atoms with Gasteiger partial charge in [0.25, 0.3) is 0 Å². The van der Waals surface area contributed by atoms with Crippen LogP contribution in [0.2, 0.25) is 0 Å². The van der Waals surface area contributed by atoms with Crippen LogP contribution in [0.3, 0.4) is 0 Å². The maximum atomic E-state index is 8.07. The van der Waals surface area contributed by atoms with Crippen molar-refractivity contribution in [2.24, 2.45) is 5.11 Å². The lowest BCUT2D eigenvalue weighted by molar-refractivity contribution is 0.311. The molecule has 0 saturated heterocycles. The SMILES string of the molecule is Cc1cc(Br)ccc1OCCCN=[N+]=[N-]. The van der Waals surface area contributed by atoms with Gasteiger partial charge >= 0.3 is 0 Å². The molecule has 0 bridgehead atoms. The van der Waals surface area contributed by atoms with Crippen molar-refractivity contribution >= 4 is 15.9 Å². The van der Waals surface area contributed by atoms with Crippen molar-refractivity contribution in [2.75, 3.05) is 13.2 Å². The summed E-state index contributed by atoms with van der Waals surface area (Å²) in [7, 11) is 0. The first-order valence-corrected chi connectivity index (χ1v) is 5.43. The number of ether oxygens (including phenoxy) is 1. The number of azide groups is 1. The highest BCUT2D eigenvalue weighted by Crippen LogP contribution is 2.22. The van der Waals surface area contributed by atoms with Gasteiger partial charge < -0.3 is 4.74 Å². The van der Waals surface area contributed by atoms with Crippen molar-refractivity contribution < 1.29 is 4.74 Å². The molecule has 0 radical (unpaired) electrons. The van der Waals surface area contributed by atoms with Crippen LogP contribution >= 0.6 is 15.9 Å². The second-order valence-electron chi connectivity index (χ2n) is 3.07. The summed E-state index contributed by atoms with van der Waals surface area (Å²) in [4.78, 5) is 2.67. The van der Waals surface area contributed by atoms with Gasteiger partial charge in [-0.05, 0) is 42.6 Å². The standard InChI is InChI=1S/C10H12BrN3O/c1-8-7-9(11)3-4-10(8)15-6-2-5-13-14-12/h3-4,7H,2,5-6H2,1H3. The van der Waals surface area contributed by atoms with E-state index in [2.05, 4.69) is 26.0 Å². The van der Waals surface area contributed by atoms with E-state index < -0.39 is 0 Å². The van der Waals surface area contributed by atoms with Crippen LogP contribution < -0.4 is 4.74 Å². The molecular formula is C10H12BrN3O. The molecule has 15 heavy (non-hydrogen) atoms. The average Bonchev–Trinajstić information content (AvgIpc) is 2.20. The third-order valence-corrected chi connectivity index (χ3v) is 2.35. The monoisotopic (exact) mass is 269 g/mol. The Morgan fingerprint density at radius 2 is 2.33 bits per heavy atom. The fraction of sp³-hybridized carbons (Fsp3) is 0.400. The molecule has 0 heterocycles. The molecule has 5 heteroatoms. The largest absolute Gasteiger partial charge is 0.493 e. The van der Waals surface area contributed by atoms with Gasteiger partial charge in [0.2, 0.25) is 0 Å². The summed E-state index contributed by atoms with van der Waals surface area (Å²) in [6.07, 6.45) is 0.736. The van der Waals surface area contributed by atoms with Crippen LogP contribution in [0.25, 0.3) is 10.4 Å². The summed E-state index contributed by atoms with van der Waals surface area (Å²) >= 11 is 3.39. The smallest absolute Gasteiger partial charge is 0.122 e. The summed E-state index contributed by atoms with van der Waals surface area (Å²) in [5.41, 5.74) is 9.16. The fourth-order valence-corrected chi connectivity index (χ4v) is 1.61. The van der Waals surface area contributed by atoms with Crippen LogP contribution in [0.15, 0.2) is 27.8 Å². The molecule has 0 aromatic heterocycles. The van der Waals surface area contributed by atoms with E-state index in [0.29, 0.717) is 13.2 Å². The quantitative estimate of drug-likeness (QED) is 0.347. The molecule has 0 saturated carbocycles. The van der Waals surface area contributed by atoms with Gasteiger partial charge in [0.1, 0.15) is 5.75 Å². The second-order valence-corrected chi connectivity index (χ2v) is 3.98. The molecule has 0 atom stereocenters. The Morgan fingerprint density at radius 3 is 3.00 bits per heavy atom. The molecule has 0 aliphatic carbocycles. The van der Waals surface area contributed by atoms with Crippen molar-refractivity contribution in [3.8, 4) is 5.75 Å². The Kier molecular flexibility index (Phi) is 5.01. The van der Waals surface area contributed by atoms with E-state index in [1.54, 1.807) is 0 Å². The number of rotatable bonds is 5.